The van der Waals surface area contributed by atoms with Crippen LogP contribution in [0.4, 0.5) is 0 Å². The predicted molar refractivity (Wildman–Crippen MR) is 94.8 cm³/mol. The molecule has 25 heavy (non-hydrogen) atoms. The predicted octanol–water partition coefficient (Wildman–Crippen LogP) is 2.94. The summed E-state index contributed by atoms with van der Waals surface area (Å²) in [5.41, 5.74) is 2.39. The van der Waals surface area contributed by atoms with E-state index in [1.807, 2.05) is 43.5 Å². The molecule has 2 heterocycles. The van der Waals surface area contributed by atoms with E-state index in [2.05, 4.69) is 10.1 Å². The highest BCUT2D eigenvalue weighted by Crippen LogP contribution is 2.17. The number of ether oxygens (including phenoxy) is 1. The molecule has 0 aliphatic carbocycles. The van der Waals surface area contributed by atoms with Crippen LogP contribution in [0.5, 0.6) is 5.88 Å². The average molecular weight is 336 g/mol. The number of para-hydroxylation sites is 1. The van der Waals surface area contributed by atoms with Gasteiger partial charge in [-0.15, -0.1) is 0 Å². The molecule has 0 radical (unpaired) electrons. The molecule has 0 N–H and O–H groups in total. The fourth-order valence-corrected chi connectivity index (χ4v) is 2.52. The Balaban J connectivity index is 1.73. The Kier molecular flexibility index (Phi) is 5.09. The van der Waals surface area contributed by atoms with Crippen molar-refractivity contribution in [1.82, 2.24) is 19.7 Å². The van der Waals surface area contributed by atoms with E-state index in [0.717, 1.165) is 11.3 Å². The van der Waals surface area contributed by atoms with Crippen LogP contribution in [0.25, 0.3) is 5.69 Å². The zero-order chi connectivity index (χ0) is 17.6. The van der Waals surface area contributed by atoms with Gasteiger partial charge in [0.25, 0.3) is 5.91 Å². The number of hydrogen-bond acceptors (Lipinski definition) is 4. The zero-order valence-electron chi connectivity index (χ0n) is 14.3. The minimum Gasteiger partial charge on any atom is -0.477 e. The average Bonchev–Trinajstić information content (AvgIpc) is 3.11. The number of carbonyl (C=O) groups excluding carboxylic acids is 1. The fraction of sp³-hybridized carbons (Fsp3) is 0.211. The van der Waals surface area contributed by atoms with Gasteiger partial charge in [0.05, 0.1) is 18.5 Å². The smallest absolute Gasteiger partial charge is 0.259 e. The Labute approximate surface area is 146 Å². The molecule has 1 amide bonds. The van der Waals surface area contributed by atoms with Gasteiger partial charge >= 0.3 is 0 Å². The van der Waals surface area contributed by atoms with E-state index < -0.39 is 0 Å². The first-order chi connectivity index (χ1) is 12.2. The number of rotatable bonds is 6. The van der Waals surface area contributed by atoms with Crippen LogP contribution in [0.2, 0.25) is 0 Å². The molecule has 128 valence electrons. The monoisotopic (exact) mass is 336 g/mol. The van der Waals surface area contributed by atoms with Crippen LogP contribution >= 0.6 is 0 Å². The van der Waals surface area contributed by atoms with Crippen molar-refractivity contribution < 1.29 is 9.53 Å². The number of carbonyl (C=O) groups is 1. The number of pyridine rings is 1. The molecule has 2 aromatic heterocycles. The second-order valence-electron chi connectivity index (χ2n) is 5.58. The maximum absolute atomic E-state index is 12.7. The Morgan fingerprint density at radius 2 is 2.00 bits per heavy atom. The number of aromatic nitrogens is 3. The highest BCUT2D eigenvalue weighted by Gasteiger charge is 2.18. The lowest BCUT2D eigenvalue weighted by Gasteiger charge is -2.17. The molecule has 3 rings (SSSR count). The van der Waals surface area contributed by atoms with Gasteiger partial charge in [0.2, 0.25) is 5.88 Å². The second-order valence-corrected chi connectivity index (χ2v) is 5.58. The van der Waals surface area contributed by atoms with Crippen molar-refractivity contribution >= 4 is 5.91 Å². The van der Waals surface area contributed by atoms with Gasteiger partial charge in [-0.1, -0.05) is 18.2 Å². The molecule has 0 aliphatic heterocycles. The summed E-state index contributed by atoms with van der Waals surface area (Å²) in [6.45, 7) is 2.78. The molecule has 6 heteroatoms. The van der Waals surface area contributed by atoms with Crippen molar-refractivity contribution in [1.29, 1.82) is 0 Å². The molecule has 3 aromatic rings. The molecule has 0 aliphatic rings. The molecule has 0 unspecified atom stereocenters. The lowest BCUT2D eigenvalue weighted by atomic mass is 10.2. The number of hydrogen-bond donors (Lipinski definition) is 0. The van der Waals surface area contributed by atoms with Gasteiger partial charge in [-0.05, 0) is 31.2 Å². The van der Waals surface area contributed by atoms with Gasteiger partial charge < -0.3 is 9.64 Å². The summed E-state index contributed by atoms with van der Waals surface area (Å²) < 4.78 is 7.24. The Hall–Kier alpha value is -3.15. The number of benzene rings is 1. The summed E-state index contributed by atoms with van der Waals surface area (Å²) in [5.74, 6) is 0.228. The van der Waals surface area contributed by atoms with Crippen molar-refractivity contribution in [2.24, 2.45) is 0 Å². The zero-order valence-corrected chi connectivity index (χ0v) is 14.3. The molecule has 0 fully saturated rings. The standard InChI is InChI=1S/C19H20N4O2/c1-3-25-18-17(10-7-11-20-18)19(24)22(2)13-15-12-21-23(14-15)16-8-5-4-6-9-16/h4-12,14H,3,13H2,1-2H3. The molecular formula is C19H20N4O2. The lowest BCUT2D eigenvalue weighted by molar-refractivity contribution is 0.0780. The van der Waals surface area contributed by atoms with Gasteiger partial charge in [0.1, 0.15) is 5.56 Å². The molecule has 1 aromatic carbocycles. The van der Waals surface area contributed by atoms with Crippen LogP contribution in [-0.2, 0) is 6.54 Å². The highest BCUT2D eigenvalue weighted by molar-refractivity contribution is 5.96. The lowest BCUT2D eigenvalue weighted by Crippen LogP contribution is -2.26. The first-order valence-corrected chi connectivity index (χ1v) is 8.11. The third-order valence-corrected chi connectivity index (χ3v) is 3.71. The molecule has 6 nitrogen and oxygen atoms in total. The maximum atomic E-state index is 12.7. The minimum absolute atomic E-state index is 0.135. The summed E-state index contributed by atoms with van der Waals surface area (Å²) in [6.07, 6.45) is 5.31. The number of amides is 1. The molecule has 0 saturated heterocycles. The van der Waals surface area contributed by atoms with E-state index in [0.29, 0.717) is 24.6 Å². The van der Waals surface area contributed by atoms with Crippen molar-refractivity contribution in [3.63, 3.8) is 0 Å². The van der Waals surface area contributed by atoms with E-state index in [1.165, 1.54) is 0 Å². The Morgan fingerprint density at radius 1 is 1.20 bits per heavy atom. The largest absolute Gasteiger partial charge is 0.477 e. The molecule has 0 atom stereocenters. The van der Waals surface area contributed by atoms with Crippen LogP contribution in [0, 0.1) is 0 Å². The van der Waals surface area contributed by atoms with Gasteiger partial charge in [0, 0.05) is 31.5 Å². The number of nitrogens with zero attached hydrogens (tertiary/aromatic N) is 4. The molecule has 0 saturated carbocycles. The van der Waals surface area contributed by atoms with Crippen molar-refractivity contribution in [3.8, 4) is 11.6 Å². The van der Waals surface area contributed by atoms with Crippen LogP contribution in [-0.4, -0.2) is 39.2 Å². The van der Waals surface area contributed by atoms with Gasteiger partial charge in [-0.25, -0.2) is 9.67 Å². The van der Waals surface area contributed by atoms with Crippen molar-refractivity contribution in [2.45, 2.75) is 13.5 Å². The van der Waals surface area contributed by atoms with Gasteiger partial charge in [-0.3, -0.25) is 4.79 Å². The van der Waals surface area contributed by atoms with Crippen molar-refractivity contribution in [3.05, 3.63) is 72.2 Å². The Morgan fingerprint density at radius 3 is 2.76 bits per heavy atom. The SMILES string of the molecule is CCOc1ncccc1C(=O)N(C)Cc1cnn(-c2ccccc2)c1. The van der Waals surface area contributed by atoms with Gasteiger partial charge in [-0.2, -0.15) is 5.10 Å². The third kappa shape index (κ3) is 3.85. The molecule has 0 bridgehead atoms. The van der Waals surface area contributed by atoms with E-state index >= 15 is 0 Å². The van der Waals surface area contributed by atoms with E-state index in [-0.39, 0.29) is 5.91 Å². The first-order valence-electron chi connectivity index (χ1n) is 8.11. The summed E-state index contributed by atoms with van der Waals surface area (Å²) in [5, 5.41) is 4.36. The third-order valence-electron chi connectivity index (χ3n) is 3.71. The van der Waals surface area contributed by atoms with Crippen LogP contribution < -0.4 is 4.74 Å². The fourth-order valence-electron chi connectivity index (χ4n) is 2.52. The normalized spacial score (nSPS) is 10.5. The summed E-state index contributed by atoms with van der Waals surface area (Å²) in [6, 6.07) is 13.3. The second kappa shape index (κ2) is 7.61. The summed E-state index contributed by atoms with van der Waals surface area (Å²) in [7, 11) is 1.75. The van der Waals surface area contributed by atoms with Crippen molar-refractivity contribution in [2.75, 3.05) is 13.7 Å². The minimum atomic E-state index is -0.135. The summed E-state index contributed by atoms with van der Waals surface area (Å²) in [4.78, 5) is 18.5. The topological polar surface area (TPSA) is 60.2 Å². The van der Waals surface area contributed by atoms with E-state index in [4.69, 9.17) is 4.74 Å². The molecule has 0 spiro atoms. The van der Waals surface area contributed by atoms with E-state index in [9.17, 15) is 4.79 Å². The van der Waals surface area contributed by atoms with Crippen LogP contribution in [0.3, 0.4) is 0 Å². The highest BCUT2D eigenvalue weighted by atomic mass is 16.5. The van der Waals surface area contributed by atoms with Crippen LogP contribution in [0.15, 0.2) is 61.1 Å². The summed E-state index contributed by atoms with van der Waals surface area (Å²) >= 11 is 0. The first kappa shape index (κ1) is 16.7. The Bertz CT molecular complexity index is 845. The maximum Gasteiger partial charge on any atom is 0.259 e. The van der Waals surface area contributed by atoms with E-state index in [1.54, 1.807) is 41.2 Å². The van der Waals surface area contributed by atoms with Gasteiger partial charge in [0.15, 0.2) is 0 Å². The van der Waals surface area contributed by atoms with Crippen LogP contribution in [0.1, 0.15) is 22.8 Å². The quantitative estimate of drug-likeness (QED) is 0.694. The molecular weight excluding hydrogens is 316 g/mol.